The molecule has 0 bridgehead atoms. The predicted octanol–water partition coefficient (Wildman–Crippen LogP) is 3.67. The Kier molecular flexibility index (Phi) is 5.24. The quantitative estimate of drug-likeness (QED) is 0.799. The minimum absolute atomic E-state index is 0.645. The lowest BCUT2D eigenvalue weighted by molar-refractivity contribution is 0.441. The summed E-state index contributed by atoms with van der Waals surface area (Å²) in [7, 11) is 0. The van der Waals surface area contributed by atoms with Crippen LogP contribution in [0.2, 0.25) is 0 Å². The number of hydrogen-bond donors (Lipinski definition) is 1. The Morgan fingerprint density at radius 2 is 2.17 bits per heavy atom. The highest BCUT2D eigenvalue weighted by Crippen LogP contribution is 2.28. The van der Waals surface area contributed by atoms with Gasteiger partial charge in [-0.05, 0) is 31.7 Å². The van der Waals surface area contributed by atoms with Crippen molar-refractivity contribution in [3.63, 3.8) is 0 Å². The largest absolute Gasteiger partial charge is 0.308 e. The van der Waals surface area contributed by atoms with Crippen molar-refractivity contribution in [2.45, 2.75) is 77.4 Å². The van der Waals surface area contributed by atoms with Gasteiger partial charge in [0.2, 0.25) is 0 Å². The molecule has 18 heavy (non-hydrogen) atoms. The van der Waals surface area contributed by atoms with E-state index in [2.05, 4.69) is 36.1 Å². The van der Waals surface area contributed by atoms with Crippen molar-refractivity contribution < 1.29 is 0 Å². The number of hydrogen-bond acceptors (Lipinski definition) is 2. The fraction of sp³-hybridized carbons (Fsp3) is 0.800. The third kappa shape index (κ3) is 3.58. The highest BCUT2D eigenvalue weighted by atomic mass is 15.3. The number of nitrogens with zero attached hydrogens (tertiary/aromatic N) is 2. The van der Waals surface area contributed by atoms with Gasteiger partial charge in [-0.2, -0.15) is 5.10 Å². The highest BCUT2D eigenvalue weighted by molar-refractivity contribution is 5.00. The van der Waals surface area contributed by atoms with Crippen LogP contribution in [0.5, 0.6) is 0 Å². The third-order valence-electron chi connectivity index (χ3n) is 4.06. The van der Waals surface area contributed by atoms with E-state index in [4.69, 9.17) is 5.10 Å². The molecule has 1 unspecified atom stereocenters. The molecule has 0 amide bonds. The summed E-state index contributed by atoms with van der Waals surface area (Å²) in [4.78, 5) is 0. The summed E-state index contributed by atoms with van der Waals surface area (Å²) in [6.07, 6.45) is 11.2. The molecule has 0 saturated heterocycles. The van der Waals surface area contributed by atoms with Gasteiger partial charge in [-0.1, -0.05) is 33.1 Å². The summed E-state index contributed by atoms with van der Waals surface area (Å²) in [5.74, 6) is 0. The molecule has 0 spiro atoms. The topological polar surface area (TPSA) is 29.9 Å². The maximum absolute atomic E-state index is 4.71. The molecule has 1 aromatic rings. The second kappa shape index (κ2) is 6.93. The summed E-state index contributed by atoms with van der Waals surface area (Å²) in [6, 6.07) is 3.48. The minimum atomic E-state index is 0.645. The molecule has 1 N–H and O–H groups in total. The van der Waals surface area contributed by atoms with Crippen molar-refractivity contribution in [3.05, 3.63) is 18.0 Å². The van der Waals surface area contributed by atoms with E-state index < -0.39 is 0 Å². The zero-order chi connectivity index (χ0) is 12.8. The second-order valence-corrected chi connectivity index (χ2v) is 5.50. The van der Waals surface area contributed by atoms with Crippen molar-refractivity contribution in [2.24, 2.45) is 0 Å². The lowest BCUT2D eigenvalue weighted by atomic mass is 10.1. The molecule has 1 atom stereocenters. The van der Waals surface area contributed by atoms with Crippen molar-refractivity contribution >= 4 is 0 Å². The molecule has 0 aromatic carbocycles. The van der Waals surface area contributed by atoms with Gasteiger partial charge in [0.25, 0.3) is 0 Å². The molecule has 0 aliphatic heterocycles. The van der Waals surface area contributed by atoms with E-state index in [0.29, 0.717) is 12.1 Å². The second-order valence-electron chi connectivity index (χ2n) is 5.50. The molecule has 1 saturated carbocycles. The predicted molar refractivity (Wildman–Crippen MR) is 75.6 cm³/mol. The standard InChI is InChI=1S/C15H27N3/c1-3-7-13(4-2)16-12-14-10-11-18(17-14)15-8-5-6-9-15/h10-11,13,15-16H,3-9,12H2,1-2H3. The molecular formula is C15H27N3. The van der Waals surface area contributed by atoms with E-state index in [1.807, 2.05) is 0 Å². The van der Waals surface area contributed by atoms with Crippen molar-refractivity contribution in [1.82, 2.24) is 15.1 Å². The fourth-order valence-corrected chi connectivity index (χ4v) is 2.89. The van der Waals surface area contributed by atoms with Crippen molar-refractivity contribution in [1.29, 1.82) is 0 Å². The molecule has 1 aliphatic rings. The average molecular weight is 249 g/mol. The zero-order valence-electron chi connectivity index (χ0n) is 11.9. The van der Waals surface area contributed by atoms with Gasteiger partial charge in [-0.3, -0.25) is 4.68 Å². The molecule has 102 valence electrons. The van der Waals surface area contributed by atoms with E-state index in [-0.39, 0.29) is 0 Å². The zero-order valence-corrected chi connectivity index (χ0v) is 11.9. The van der Waals surface area contributed by atoms with E-state index in [1.54, 1.807) is 0 Å². The van der Waals surface area contributed by atoms with Crippen LogP contribution in [0.25, 0.3) is 0 Å². The minimum Gasteiger partial charge on any atom is -0.308 e. The lowest BCUT2D eigenvalue weighted by Gasteiger charge is -2.15. The summed E-state index contributed by atoms with van der Waals surface area (Å²) in [6.45, 7) is 5.42. The Bertz CT molecular complexity index is 339. The van der Waals surface area contributed by atoms with Crippen LogP contribution in [-0.4, -0.2) is 15.8 Å². The molecular weight excluding hydrogens is 222 g/mol. The van der Waals surface area contributed by atoms with Crippen molar-refractivity contribution in [3.8, 4) is 0 Å². The maximum Gasteiger partial charge on any atom is 0.0762 e. The molecule has 2 rings (SSSR count). The van der Waals surface area contributed by atoms with Crippen LogP contribution in [0.4, 0.5) is 0 Å². The van der Waals surface area contributed by atoms with E-state index >= 15 is 0 Å². The Morgan fingerprint density at radius 3 is 2.83 bits per heavy atom. The van der Waals surface area contributed by atoms with E-state index in [0.717, 1.165) is 6.54 Å². The summed E-state index contributed by atoms with van der Waals surface area (Å²) in [5.41, 5.74) is 1.19. The molecule has 1 aliphatic carbocycles. The Hall–Kier alpha value is -0.830. The molecule has 1 aromatic heterocycles. The normalized spacial score (nSPS) is 18.3. The molecule has 0 radical (unpaired) electrons. The van der Waals surface area contributed by atoms with Crippen LogP contribution in [0.1, 0.15) is 70.5 Å². The van der Waals surface area contributed by atoms with Crippen molar-refractivity contribution in [2.75, 3.05) is 0 Å². The van der Waals surface area contributed by atoms with Gasteiger partial charge in [0, 0.05) is 18.8 Å². The molecule has 3 nitrogen and oxygen atoms in total. The van der Waals surface area contributed by atoms with Gasteiger partial charge >= 0.3 is 0 Å². The van der Waals surface area contributed by atoms with Crippen LogP contribution >= 0.6 is 0 Å². The fourth-order valence-electron chi connectivity index (χ4n) is 2.89. The molecule has 3 heteroatoms. The van der Waals surface area contributed by atoms with Gasteiger partial charge in [-0.15, -0.1) is 0 Å². The molecule has 1 fully saturated rings. The first-order chi connectivity index (χ1) is 8.83. The summed E-state index contributed by atoms with van der Waals surface area (Å²) < 4.78 is 2.19. The van der Waals surface area contributed by atoms with E-state index in [1.165, 1.54) is 50.6 Å². The average Bonchev–Trinajstić information content (AvgIpc) is 3.04. The summed E-state index contributed by atoms with van der Waals surface area (Å²) in [5, 5.41) is 8.33. The van der Waals surface area contributed by atoms with Crippen LogP contribution in [0, 0.1) is 0 Å². The van der Waals surface area contributed by atoms with Crippen LogP contribution in [-0.2, 0) is 6.54 Å². The van der Waals surface area contributed by atoms with Gasteiger partial charge in [0.1, 0.15) is 0 Å². The first-order valence-corrected chi connectivity index (χ1v) is 7.61. The van der Waals surface area contributed by atoms with Crippen LogP contribution < -0.4 is 5.32 Å². The summed E-state index contributed by atoms with van der Waals surface area (Å²) >= 11 is 0. The van der Waals surface area contributed by atoms with Gasteiger partial charge in [0.15, 0.2) is 0 Å². The highest BCUT2D eigenvalue weighted by Gasteiger charge is 2.17. The SMILES string of the molecule is CCCC(CC)NCc1ccn(C2CCCC2)n1. The Labute approximate surface area is 111 Å². The monoisotopic (exact) mass is 249 g/mol. The Balaban J connectivity index is 1.82. The first kappa shape index (κ1) is 13.6. The Morgan fingerprint density at radius 1 is 1.39 bits per heavy atom. The smallest absolute Gasteiger partial charge is 0.0762 e. The number of aromatic nitrogens is 2. The van der Waals surface area contributed by atoms with Gasteiger partial charge < -0.3 is 5.32 Å². The maximum atomic E-state index is 4.71. The molecule has 1 heterocycles. The van der Waals surface area contributed by atoms with Gasteiger partial charge in [0.05, 0.1) is 11.7 Å². The van der Waals surface area contributed by atoms with Crippen LogP contribution in [0.15, 0.2) is 12.3 Å². The number of nitrogens with one attached hydrogen (secondary N) is 1. The third-order valence-corrected chi connectivity index (χ3v) is 4.06. The lowest BCUT2D eigenvalue weighted by Crippen LogP contribution is -2.27. The van der Waals surface area contributed by atoms with E-state index in [9.17, 15) is 0 Å². The number of rotatable bonds is 7. The van der Waals surface area contributed by atoms with Gasteiger partial charge in [-0.25, -0.2) is 0 Å². The first-order valence-electron chi connectivity index (χ1n) is 7.61. The van der Waals surface area contributed by atoms with Crippen LogP contribution in [0.3, 0.4) is 0 Å².